The highest BCUT2D eigenvalue weighted by molar-refractivity contribution is 5.79. The van der Waals surface area contributed by atoms with Gasteiger partial charge in [0.25, 0.3) is 5.56 Å². The Balaban J connectivity index is 1.90. The van der Waals surface area contributed by atoms with Crippen LogP contribution in [0.2, 0.25) is 0 Å². The number of nitrogens with zero attached hydrogens (tertiary/aromatic N) is 2. The van der Waals surface area contributed by atoms with E-state index in [2.05, 4.69) is 15.3 Å². The van der Waals surface area contributed by atoms with Crippen LogP contribution in [0.25, 0.3) is 11.0 Å². The maximum atomic E-state index is 11.9. The van der Waals surface area contributed by atoms with E-state index in [9.17, 15) is 9.59 Å². The molecule has 6 heteroatoms. The van der Waals surface area contributed by atoms with E-state index in [0.29, 0.717) is 26.1 Å². The average molecular weight is 286 g/mol. The average Bonchev–Trinajstić information content (AvgIpc) is 2.49. The number of rotatable bonds is 3. The van der Waals surface area contributed by atoms with E-state index in [4.69, 9.17) is 0 Å². The van der Waals surface area contributed by atoms with E-state index in [1.807, 2.05) is 19.1 Å². The quantitative estimate of drug-likeness (QED) is 0.857. The Hall–Kier alpha value is -2.21. The molecule has 0 aromatic carbocycles. The van der Waals surface area contributed by atoms with Crippen molar-refractivity contribution in [2.24, 2.45) is 0 Å². The summed E-state index contributed by atoms with van der Waals surface area (Å²) in [7, 11) is 0. The van der Waals surface area contributed by atoms with E-state index in [0.717, 1.165) is 28.7 Å². The molecule has 21 heavy (non-hydrogen) atoms. The lowest BCUT2D eigenvalue weighted by atomic mass is 10.1. The molecule has 2 aromatic rings. The summed E-state index contributed by atoms with van der Waals surface area (Å²) in [6, 6.07) is 3.73. The van der Waals surface area contributed by atoms with Gasteiger partial charge in [0.05, 0.1) is 17.6 Å². The zero-order valence-electron chi connectivity index (χ0n) is 12.0. The monoisotopic (exact) mass is 286 g/mol. The van der Waals surface area contributed by atoms with Gasteiger partial charge in [-0.1, -0.05) is 6.92 Å². The largest absolute Gasteiger partial charge is 0.336 e. The molecule has 0 spiro atoms. The molecule has 3 heterocycles. The first kappa shape index (κ1) is 13.8. The number of aromatic nitrogens is 2. The highest BCUT2D eigenvalue weighted by Crippen LogP contribution is 2.13. The van der Waals surface area contributed by atoms with Crippen LogP contribution in [0.1, 0.15) is 18.1 Å². The number of aromatic amines is 1. The van der Waals surface area contributed by atoms with E-state index >= 15 is 0 Å². The second-order valence-corrected chi connectivity index (χ2v) is 5.25. The minimum atomic E-state index is -0.0674. The van der Waals surface area contributed by atoms with Crippen molar-refractivity contribution in [3.05, 3.63) is 39.8 Å². The highest BCUT2D eigenvalue weighted by Gasteiger charge is 2.17. The van der Waals surface area contributed by atoms with E-state index in [1.165, 1.54) is 0 Å². The van der Waals surface area contributed by atoms with Gasteiger partial charge in [-0.15, -0.1) is 0 Å². The number of nitrogens with one attached hydrogen (secondary N) is 2. The minimum absolute atomic E-state index is 0.0674. The molecule has 6 nitrogen and oxygen atoms in total. The molecule has 1 aliphatic rings. The van der Waals surface area contributed by atoms with Gasteiger partial charge in [0, 0.05) is 31.4 Å². The van der Waals surface area contributed by atoms with Crippen LogP contribution in [-0.4, -0.2) is 40.4 Å². The van der Waals surface area contributed by atoms with Crippen molar-refractivity contribution in [2.75, 3.05) is 19.6 Å². The molecule has 0 saturated carbocycles. The number of H-pyrrole nitrogens is 1. The number of amides is 1. The summed E-state index contributed by atoms with van der Waals surface area (Å²) in [6.45, 7) is 4.37. The van der Waals surface area contributed by atoms with Crippen LogP contribution in [0.3, 0.4) is 0 Å². The third kappa shape index (κ3) is 2.80. The first-order chi connectivity index (χ1) is 10.2. The Kier molecular flexibility index (Phi) is 3.70. The summed E-state index contributed by atoms with van der Waals surface area (Å²) in [5.41, 5.74) is 3.10. The summed E-state index contributed by atoms with van der Waals surface area (Å²) in [5, 5.41) is 3.05. The minimum Gasteiger partial charge on any atom is -0.336 e. The van der Waals surface area contributed by atoms with Crippen LogP contribution < -0.4 is 10.9 Å². The standard InChI is InChI=1S/C15H18N4O2/c1-2-11-6-12-13(18-15(11)21)5-10(7-17-12)9-19-4-3-16-8-14(19)20/h5-7,16H,2-4,8-9H2,1H3,(H,18,21). The number of carbonyl (C=O) groups excluding carboxylic acids is 1. The molecule has 3 rings (SSSR count). The molecule has 1 aliphatic heterocycles. The molecule has 0 unspecified atom stereocenters. The van der Waals surface area contributed by atoms with Crippen molar-refractivity contribution in [1.82, 2.24) is 20.2 Å². The highest BCUT2D eigenvalue weighted by atomic mass is 16.2. The van der Waals surface area contributed by atoms with Gasteiger partial charge in [-0.2, -0.15) is 0 Å². The fourth-order valence-corrected chi connectivity index (χ4v) is 2.55. The summed E-state index contributed by atoms with van der Waals surface area (Å²) in [5.74, 6) is 0.0937. The Morgan fingerprint density at radius 3 is 2.95 bits per heavy atom. The maximum Gasteiger partial charge on any atom is 0.251 e. The Morgan fingerprint density at radius 1 is 1.33 bits per heavy atom. The van der Waals surface area contributed by atoms with Gasteiger partial charge in [-0.25, -0.2) is 0 Å². The smallest absolute Gasteiger partial charge is 0.251 e. The van der Waals surface area contributed by atoms with Gasteiger partial charge in [0.2, 0.25) is 5.91 Å². The maximum absolute atomic E-state index is 11.9. The third-order valence-corrected chi connectivity index (χ3v) is 3.77. The fourth-order valence-electron chi connectivity index (χ4n) is 2.55. The molecule has 0 atom stereocenters. The lowest BCUT2D eigenvalue weighted by molar-refractivity contribution is -0.132. The van der Waals surface area contributed by atoms with Crippen molar-refractivity contribution in [2.45, 2.75) is 19.9 Å². The predicted molar refractivity (Wildman–Crippen MR) is 80.0 cm³/mol. The van der Waals surface area contributed by atoms with Gasteiger partial charge in [0.15, 0.2) is 0 Å². The molecule has 1 saturated heterocycles. The van der Waals surface area contributed by atoms with Gasteiger partial charge < -0.3 is 15.2 Å². The van der Waals surface area contributed by atoms with Crippen LogP contribution in [-0.2, 0) is 17.8 Å². The second-order valence-electron chi connectivity index (χ2n) is 5.25. The SMILES string of the molecule is CCc1cc2ncc(CN3CCNCC3=O)cc2[nH]c1=O. The lowest BCUT2D eigenvalue weighted by Crippen LogP contribution is -2.47. The Morgan fingerprint density at radius 2 is 2.19 bits per heavy atom. The summed E-state index contributed by atoms with van der Waals surface area (Å²) >= 11 is 0. The molecule has 1 amide bonds. The number of hydrogen-bond acceptors (Lipinski definition) is 4. The summed E-state index contributed by atoms with van der Waals surface area (Å²) in [4.78, 5) is 32.7. The van der Waals surface area contributed by atoms with Crippen molar-refractivity contribution >= 4 is 16.9 Å². The van der Waals surface area contributed by atoms with E-state index in [1.54, 1.807) is 11.1 Å². The molecule has 0 aliphatic carbocycles. The number of pyridine rings is 2. The predicted octanol–water partition coefficient (Wildman–Crippen LogP) is 0.417. The Bertz CT molecular complexity index is 738. The van der Waals surface area contributed by atoms with Crippen LogP contribution in [0.4, 0.5) is 0 Å². The first-order valence-corrected chi connectivity index (χ1v) is 7.16. The fraction of sp³-hybridized carbons (Fsp3) is 0.400. The van der Waals surface area contributed by atoms with Crippen LogP contribution in [0, 0.1) is 0 Å². The zero-order valence-corrected chi connectivity index (χ0v) is 12.0. The van der Waals surface area contributed by atoms with Gasteiger partial charge in [-0.3, -0.25) is 14.6 Å². The van der Waals surface area contributed by atoms with Crippen molar-refractivity contribution in [3.63, 3.8) is 0 Å². The number of fused-ring (bicyclic) bond motifs is 1. The van der Waals surface area contributed by atoms with Crippen molar-refractivity contribution in [1.29, 1.82) is 0 Å². The van der Waals surface area contributed by atoms with Crippen LogP contribution in [0.15, 0.2) is 23.1 Å². The summed E-state index contributed by atoms with van der Waals surface area (Å²) < 4.78 is 0. The number of carbonyl (C=O) groups is 1. The number of aryl methyl sites for hydroxylation is 1. The molecule has 110 valence electrons. The second kappa shape index (κ2) is 5.65. The van der Waals surface area contributed by atoms with Gasteiger partial charge >= 0.3 is 0 Å². The van der Waals surface area contributed by atoms with E-state index in [-0.39, 0.29) is 11.5 Å². The molecule has 0 bridgehead atoms. The van der Waals surface area contributed by atoms with Crippen molar-refractivity contribution < 1.29 is 4.79 Å². The first-order valence-electron chi connectivity index (χ1n) is 7.16. The number of hydrogen-bond donors (Lipinski definition) is 2. The topological polar surface area (TPSA) is 78.1 Å². The van der Waals surface area contributed by atoms with Gasteiger partial charge in [-0.05, 0) is 24.1 Å². The van der Waals surface area contributed by atoms with E-state index < -0.39 is 0 Å². The summed E-state index contributed by atoms with van der Waals surface area (Å²) in [6.07, 6.45) is 2.46. The molecule has 2 N–H and O–H groups in total. The molecule has 2 aromatic heterocycles. The lowest BCUT2D eigenvalue weighted by Gasteiger charge is -2.27. The molecular formula is C15H18N4O2. The van der Waals surface area contributed by atoms with Gasteiger partial charge in [0.1, 0.15) is 0 Å². The van der Waals surface area contributed by atoms with Crippen molar-refractivity contribution in [3.8, 4) is 0 Å². The number of piperazine rings is 1. The van der Waals surface area contributed by atoms with Crippen LogP contribution >= 0.6 is 0 Å². The normalized spacial score (nSPS) is 15.7. The molecule has 1 fully saturated rings. The molecular weight excluding hydrogens is 268 g/mol. The molecule has 0 radical (unpaired) electrons. The Labute approximate surface area is 122 Å². The van der Waals surface area contributed by atoms with Crippen LogP contribution in [0.5, 0.6) is 0 Å². The zero-order chi connectivity index (χ0) is 14.8. The third-order valence-electron chi connectivity index (χ3n) is 3.77.